The highest BCUT2D eigenvalue weighted by Gasteiger charge is 2.30. The minimum absolute atomic E-state index is 0.386. The molecule has 7 heteroatoms. The van der Waals surface area contributed by atoms with Crippen LogP contribution in [0.25, 0.3) is 0 Å². The molecule has 1 saturated heterocycles. The number of nitrogens with zero attached hydrogens (tertiary/aromatic N) is 2. The number of anilines is 2. The predicted octanol–water partition coefficient (Wildman–Crippen LogP) is 2.86. The van der Waals surface area contributed by atoms with Gasteiger partial charge in [-0.25, -0.2) is 8.42 Å². The van der Waals surface area contributed by atoms with Crippen LogP contribution in [-0.2, 0) is 14.8 Å². The van der Waals surface area contributed by atoms with Gasteiger partial charge in [0.1, 0.15) is 6.04 Å². The molecule has 2 aromatic rings. The van der Waals surface area contributed by atoms with Gasteiger partial charge in [-0.2, -0.15) is 4.31 Å². The second-order valence-electron chi connectivity index (χ2n) is 6.82. The van der Waals surface area contributed by atoms with Crippen LogP contribution < -0.4 is 10.2 Å². The van der Waals surface area contributed by atoms with E-state index in [1.54, 1.807) is 24.3 Å². The third-order valence-electron chi connectivity index (χ3n) is 4.86. The van der Waals surface area contributed by atoms with Crippen LogP contribution in [0.1, 0.15) is 24.4 Å². The molecule has 1 atom stereocenters. The van der Waals surface area contributed by atoms with E-state index in [0.717, 1.165) is 29.3 Å². The van der Waals surface area contributed by atoms with Gasteiger partial charge >= 0.3 is 0 Å². The Kier molecular flexibility index (Phi) is 5.82. The Morgan fingerprint density at radius 3 is 2.19 bits per heavy atom. The van der Waals surface area contributed by atoms with E-state index in [9.17, 15) is 13.2 Å². The Morgan fingerprint density at radius 1 is 1.04 bits per heavy atom. The second-order valence-corrected chi connectivity index (χ2v) is 8.86. The van der Waals surface area contributed by atoms with Gasteiger partial charge in [-0.15, -0.1) is 0 Å². The third-order valence-corrected chi connectivity index (χ3v) is 6.11. The van der Waals surface area contributed by atoms with Gasteiger partial charge in [0.15, 0.2) is 0 Å². The number of benzene rings is 2. The summed E-state index contributed by atoms with van der Waals surface area (Å²) in [7, 11) is -2.12. The van der Waals surface area contributed by atoms with Gasteiger partial charge in [0.05, 0.1) is 6.26 Å². The van der Waals surface area contributed by atoms with Gasteiger partial charge in [0.2, 0.25) is 15.9 Å². The number of carbonyl (C=O) groups excluding carboxylic acids is 1. The molecule has 144 valence electrons. The summed E-state index contributed by atoms with van der Waals surface area (Å²) >= 11 is 0. The van der Waals surface area contributed by atoms with E-state index in [-0.39, 0.29) is 5.91 Å². The van der Waals surface area contributed by atoms with Crippen LogP contribution >= 0.6 is 0 Å². The number of rotatable bonds is 6. The summed E-state index contributed by atoms with van der Waals surface area (Å²) in [5, 5.41) is 2.85. The van der Waals surface area contributed by atoms with Crippen LogP contribution in [0.3, 0.4) is 0 Å². The monoisotopic (exact) mass is 387 g/mol. The molecule has 1 aliphatic heterocycles. The van der Waals surface area contributed by atoms with Crippen LogP contribution in [0.5, 0.6) is 0 Å². The Bertz CT molecular complexity index is 876. The van der Waals surface area contributed by atoms with Crippen LogP contribution in [-0.4, -0.2) is 45.0 Å². The van der Waals surface area contributed by atoms with E-state index in [2.05, 4.69) is 10.2 Å². The molecule has 0 saturated carbocycles. The molecule has 6 nitrogen and oxygen atoms in total. The molecule has 0 aliphatic carbocycles. The van der Waals surface area contributed by atoms with Gasteiger partial charge in [0, 0.05) is 31.5 Å². The smallest absolute Gasteiger partial charge is 0.247 e. The molecule has 0 radical (unpaired) electrons. The van der Waals surface area contributed by atoms with Gasteiger partial charge in [-0.05, 0) is 42.7 Å². The summed E-state index contributed by atoms with van der Waals surface area (Å²) in [6.45, 7) is 2.11. The first kappa shape index (κ1) is 19.4. The van der Waals surface area contributed by atoms with Crippen molar-refractivity contribution < 1.29 is 13.2 Å². The fourth-order valence-electron chi connectivity index (χ4n) is 3.29. The lowest BCUT2D eigenvalue weighted by Crippen LogP contribution is -2.38. The number of sulfonamides is 1. The highest BCUT2D eigenvalue weighted by Crippen LogP contribution is 2.25. The van der Waals surface area contributed by atoms with Crippen molar-refractivity contribution in [1.82, 2.24) is 4.31 Å². The first-order valence-corrected chi connectivity index (χ1v) is 10.8. The molecule has 0 aromatic heterocycles. The summed E-state index contributed by atoms with van der Waals surface area (Å²) in [6, 6.07) is 15.7. The molecule has 3 rings (SSSR count). The van der Waals surface area contributed by atoms with Crippen LogP contribution in [0.4, 0.5) is 11.4 Å². The van der Waals surface area contributed by atoms with Crippen molar-refractivity contribution >= 4 is 27.3 Å². The number of nitrogens with one attached hydrogen (secondary N) is 1. The highest BCUT2D eigenvalue weighted by molar-refractivity contribution is 7.88. The van der Waals surface area contributed by atoms with Crippen molar-refractivity contribution in [2.75, 3.05) is 36.6 Å². The SMILES string of the molecule is CN(C(C(=O)Nc1ccc(N2CCCC2)cc1)c1ccccc1)S(C)(=O)=O. The molecular formula is C20H25N3O3S. The van der Waals surface area contributed by atoms with Crippen molar-refractivity contribution in [2.45, 2.75) is 18.9 Å². The molecule has 1 heterocycles. The number of amides is 1. The Balaban J connectivity index is 1.80. The van der Waals surface area contributed by atoms with Crippen LogP contribution in [0.15, 0.2) is 54.6 Å². The van der Waals surface area contributed by atoms with Crippen molar-refractivity contribution in [1.29, 1.82) is 0 Å². The number of carbonyl (C=O) groups is 1. The van der Waals surface area contributed by atoms with Crippen molar-refractivity contribution in [3.05, 3.63) is 60.2 Å². The van der Waals surface area contributed by atoms with Crippen LogP contribution in [0.2, 0.25) is 0 Å². The minimum Gasteiger partial charge on any atom is -0.372 e. The quantitative estimate of drug-likeness (QED) is 0.827. The fraction of sp³-hybridized carbons (Fsp3) is 0.350. The highest BCUT2D eigenvalue weighted by atomic mass is 32.2. The standard InChI is InChI=1S/C20H25N3O3S/c1-22(27(2,25)26)19(16-8-4-3-5-9-16)20(24)21-17-10-12-18(13-11-17)23-14-6-7-15-23/h3-5,8-13,19H,6-7,14-15H2,1-2H3,(H,21,24). The molecule has 27 heavy (non-hydrogen) atoms. The minimum atomic E-state index is -3.54. The second kappa shape index (κ2) is 8.10. The van der Waals surface area contributed by atoms with E-state index in [1.165, 1.54) is 19.9 Å². The number of hydrogen-bond acceptors (Lipinski definition) is 4. The number of likely N-dealkylation sites (N-methyl/N-ethyl adjacent to an activating group) is 1. The molecule has 1 N–H and O–H groups in total. The molecule has 1 unspecified atom stereocenters. The average molecular weight is 388 g/mol. The lowest BCUT2D eigenvalue weighted by atomic mass is 10.1. The zero-order valence-electron chi connectivity index (χ0n) is 15.6. The van der Waals surface area contributed by atoms with E-state index in [0.29, 0.717) is 11.3 Å². The van der Waals surface area contributed by atoms with Gasteiger partial charge in [-0.3, -0.25) is 4.79 Å². The maximum atomic E-state index is 12.9. The van der Waals surface area contributed by atoms with E-state index in [4.69, 9.17) is 0 Å². The molecular weight excluding hydrogens is 362 g/mol. The van der Waals surface area contributed by atoms with E-state index in [1.807, 2.05) is 30.3 Å². The topological polar surface area (TPSA) is 69.7 Å². The van der Waals surface area contributed by atoms with E-state index >= 15 is 0 Å². The first-order valence-electron chi connectivity index (χ1n) is 9.00. The summed E-state index contributed by atoms with van der Waals surface area (Å²) in [6.07, 6.45) is 3.51. The molecule has 2 aromatic carbocycles. The van der Waals surface area contributed by atoms with Crippen LogP contribution in [0, 0.1) is 0 Å². The summed E-state index contributed by atoms with van der Waals surface area (Å²) in [4.78, 5) is 15.2. The third kappa shape index (κ3) is 4.67. The first-order chi connectivity index (χ1) is 12.9. The lowest BCUT2D eigenvalue weighted by molar-refractivity contribution is -0.119. The summed E-state index contributed by atoms with van der Waals surface area (Å²) in [5.74, 6) is -0.386. The molecule has 1 amide bonds. The lowest BCUT2D eigenvalue weighted by Gasteiger charge is -2.26. The fourth-order valence-corrected chi connectivity index (χ4v) is 3.90. The summed E-state index contributed by atoms with van der Waals surface area (Å²) < 4.78 is 25.2. The Labute approximate surface area is 160 Å². The van der Waals surface area contributed by atoms with Gasteiger partial charge in [-0.1, -0.05) is 30.3 Å². The zero-order chi connectivity index (χ0) is 19.4. The summed E-state index contributed by atoms with van der Waals surface area (Å²) in [5.41, 5.74) is 2.40. The van der Waals surface area contributed by atoms with Gasteiger partial charge < -0.3 is 10.2 Å². The van der Waals surface area contributed by atoms with Crippen molar-refractivity contribution in [3.8, 4) is 0 Å². The predicted molar refractivity (Wildman–Crippen MR) is 108 cm³/mol. The number of hydrogen-bond donors (Lipinski definition) is 1. The molecule has 1 fully saturated rings. The molecule has 0 spiro atoms. The normalized spacial score (nSPS) is 15.7. The Hall–Kier alpha value is -2.38. The zero-order valence-corrected chi connectivity index (χ0v) is 16.4. The average Bonchev–Trinajstić information content (AvgIpc) is 3.17. The van der Waals surface area contributed by atoms with Gasteiger partial charge in [0.25, 0.3) is 0 Å². The van der Waals surface area contributed by atoms with Crippen molar-refractivity contribution in [3.63, 3.8) is 0 Å². The molecule has 0 bridgehead atoms. The molecule has 1 aliphatic rings. The van der Waals surface area contributed by atoms with Crippen molar-refractivity contribution in [2.24, 2.45) is 0 Å². The van der Waals surface area contributed by atoms with E-state index < -0.39 is 16.1 Å². The largest absolute Gasteiger partial charge is 0.372 e. The maximum Gasteiger partial charge on any atom is 0.247 e. The maximum absolute atomic E-state index is 12.9. The Morgan fingerprint density at radius 2 is 1.63 bits per heavy atom.